The molecule has 0 aliphatic heterocycles. The molecule has 1 amide bonds. The number of thioether (sulfide) groups is 1. The number of thiazole rings is 1. The van der Waals surface area contributed by atoms with Crippen molar-refractivity contribution in [3.63, 3.8) is 0 Å². The molecular weight excluding hydrogens is 380 g/mol. The number of nitrogens with zero attached hydrogens (tertiary/aromatic N) is 2. The lowest BCUT2D eigenvalue weighted by Gasteiger charge is -2.02. The number of benzene rings is 1. The van der Waals surface area contributed by atoms with Gasteiger partial charge >= 0.3 is 0 Å². The van der Waals surface area contributed by atoms with Crippen molar-refractivity contribution in [2.45, 2.75) is 12.1 Å². The maximum Gasteiger partial charge on any atom is 0.251 e. The van der Waals surface area contributed by atoms with Crippen molar-refractivity contribution in [3.8, 4) is 11.3 Å². The van der Waals surface area contributed by atoms with E-state index >= 15 is 0 Å². The monoisotopic (exact) mass is 394 g/mol. The molecule has 25 heavy (non-hydrogen) atoms. The summed E-state index contributed by atoms with van der Waals surface area (Å²) in [4.78, 5) is 34.6. The van der Waals surface area contributed by atoms with E-state index in [2.05, 4.69) is 20.3 Å². The zero-order valence-corrected chi connectivity index (χ0v) is 15.6. The molecule has 1 aromatic carbocycles. The first-order valence-electron chi connectivity index (χ1n) is 7.12. The highest BCUT2D eigenvalue weighted by Gasteiger charge is 2.09. The maximum absolute atomic E-state index is 12.0. The molecule has 0 atom stereocenters. The van der Waals surface area contributed by atoms with Crippen LogP contribution < -0.4 is 10.9 Å². The standard InChI is InChI=1S/C16H14N4O2S2.ClH/c1-10-7-13(21)19-15(17-10)24-9-14(22)20-16-18-12(8-23-16)11-5-3-2-4-6-11;/h2-8H,9H2,1H3,(H,17,19,21)(H,18,20,22);1H. The van der Waals surface area contributed by atoms with Gasteiger partial charge in [0, 0.05) is 22.7 Å². The first-order chi connectivity index (χ1) is 11.6. The number of aromatic nitrogens is 3. The third-order valence-electron chi connectivity index (χ3n) is 3.01. The van der Waals surface area contributed by atoms with Crippen LogP contribution >= 0.6 is 35.5 Å². The van der Waals surface area contributed by atoms with Crippen molar-refractivity contribution < 1.29 is 4.79 Å². The quantitative estimate of drug-likeness (QED) is 0.511. The normalized spacial score (nSPS) is 10.1. The van der Waals surface area contributed by atoms with Gasteiger partial charge in [0.25, 0.3) is 5.56 Å². The summed E-state index contributed by atoms with van der Waals surface area (Å²) >= 11 is 2.55. The van der Waals surface area contributed by atoms with Gasteiger partial charge in [-0.2, -0.15) is 0 Å². The number of carbonyl (C=O) groups is 1. The summed E-state index contributed by atoms with van der Waals surface area (Å²) in [6.07, 6.45) is 0. The van der Waals surface area contributed by atoms with Crippen molar-refractivity contribution >= 4 is 46.5 Å². The zero-order chi connectivity index (χ0) is 16.9. The molecule has 0 spiro atoms. The Hall–Kier alpha value is -2.16. The fourth-order valence-corrected chi connectivity index (χ4v) is 3.44. The summed E-state index contributed by atoms with van der Waals surface area (Å²) in [7, 11) is 0. The van der Waals surface area contributed by atoms with Crippen molar-refractivity contribution in [2.24, 2.45) is 0 Å². The predicted molar refractivity (Wildman–Crippen MR) is 104 cm³/mol. The summed E-state index contributed by atoms with van der Waals surface area (Å²) in [6.45, 7) is 1.74. The van der Waals surface area contributed by atoms with Gasteiger partial charge in [-0.15, -0.1) is 23.7 Å². The van der Waals surface area contributed by atoms with Gasteiger partial charge in [0.05, 0.1) is 11.4 Å². The molecule has 0 fully saturated rings. The Labute approximate surface area is 158 Å². The predicted octanol–water partition coefficient (Wildman–Crippen LogP) is 3.35. The molecule has 0 aliphatic rings. The summed E-state index contributed by atoms with van der Waals surface area (Å²) in [6, 6.07) is 11.2. The van der Waals surface area contributed by atoms with Gasteiger partial charge in [-0.25, -0.2) is 9.97 Å². The van der Waals surface area contributed by atoms with E-state index in [4.69, 9.17) is 0 Å². The highest BCUT2D eigenvalue weighted by atomic mass is 35.5. The van der Waals surface area contributed by atoms with Crippen LogP contribution in [-0.2, 0) is 4.79 Å². The Morgan fingerprint density at radius 1 is 1.28 bits per heavy atom. The lowest BCUT2D eigenvalue weighted by atomic mass is 10.2. The molecule has 2 heterocycles. The molecule has 2 aromatic heterocycles. The van der Waals surface area contributed by atoms with Crippen LogP contribution in [0.15, 0.2) is 51.7 Å². The third-order valence-corrected chi connectivity index (χ3v) is 4.64. The van der Waals surface area contributed by atoms with Gasteiger partial charge in [-0.05, 0) is 6.92 Å². The Kier molecular flexibility index (Phi) is 6.74. The molecule has 6 nitrogen and oxygen atoms in total. The average Bonchev–Trinajstić information content (AvgIpc) is 3.01. The Balaban J connectivity index is 0.00000225. The fraction of sp³-hybridized carbons (Fsp3) is 0.125. The lowest BCUT2D eigenvalue weighted by molar-refractivity contribution is -0.113. The van der Waals surface area contributed by atoms with Gasteiger partial charge in [-0.1, -0.05) is 42.1 Å². The van der Waals surface area contributed by atoms with Crippen LogP contribution in [0.3, 0.4) is 0 Å². The minimum Gasteiger partial charge on any atom is -0.301 e. The van der Waals surface area contributed by atoms with E-state index in [1.165, 1.54) is 29.2 Å². The molecule has 2 N–H and O–H groups in total. The van der Waals surface area contributed by atoms with E-state index in [-0.39, 0.29) is 29.6 Å². The van der Waals surface area contributed by atoms with Gasteiger partial charge < -0.3 is 10.3 Å². The largest absolute Gasteiger partial charge is 0.301 e. The van der Waals surface area contributed by atoms with E-state index in [1.807, 2.05) is 35.7 Å². The van der Waals surface area contributed by atoms with E-state index in [0.29, 0.717) is 16.0 Å². The van der Waals surface area contributed by atoms with Crippen molar-refractivity contribution in [1.29, 1.82) is 0 Å². The first-order valence-corrected chi connectivity index (χ1v) is 8.98. The van der Waals surface area contributed by atoms with Gasteiger partial charge in [0.2, 0.25) is 5.91 Å². The number of aryl methyl sites for hydroxylation is 1. The minimum atomic E-state index is -0.224. The summed E-state index contributed by atoms with van der Waals surface area (Å²) in [5.41, 5.74) is 2.23. The first kappa shape index (κ1) is 19.2. The molecule has 3 aromatic rings. The summed E-state index contributed by atoms with van der Waals surface area (Å²) in [5, 5.41) is 5.64. The Morgan fingerprint density at radius 3 is 2.76 bits per heavy atom. The second kappa shape index (κ2) is 8.80. The zero-order valence-electron chi connectivity index (χ0n) is 13.2. The van der Waals surface area contributed by atoms with Crippen LogP contribution in [0.25, 0.3) is 11.3 Å². The Morgan fingerprint density at radius 2 is 2.04 bits per heavy atom. The van der Waals surface area contributed by atoms with Crippen LogP contribution in [-0.4, -0.2) is 26.6 Å². The number of hydrogen-bond acceptors (Lipinski definition) is 6. The fourth-order valence-electron chi connectivity index (χ4n) is 1.98. The van der Waals surface area contributed by atoms with Crippen molar-refractivity contribution in [3.05, 3.63) is 57.8 Å². The second-order valence-electron chi connectivity index (χ2n) is 4.93. The number of aromatic amines is 1. The number of nitrogens with one attached hydrogen (secondary N) is 2. The van der Waals surface area contributed by atoms with Gasteiger partial charge in [0.15, 0.2) is 10.3 Å². The molecule has 0 bridgehead atoms. The summed E-state index contributed by atoms with van der Waals surface area (Å²) in [5.74, 6) is -0.0507. The molecule has 3 rings (SSSR count). The molecule has 0 saturated heterocycles. The highest BCUT2D eigenvalue weighted by molar-refractivity contribution is 7.99. The van der Waals surface area contributed by atoms with E-state index in [1.54, 1.807) is 6.92 Å². The Bertz CT molecular complexity index is 912. The van der Waals surface area contributed by atoms with Gasteiger partial charge in [-0.3, -0.25) is 9.59 Å². The number of carbonyl (C=O) groups excluding carboxylic acids is 1. The van der Waals surface area contributed by atoms with Gasteiger partial charge in [0.1, 0.15) is 0 Å². The molecular formula is C16H15ClN4O2S2. The SMILES string of the molecule is Cc1cc(=O)[nH]c(SCC(=O)Nc2nc(-c3ccccc3)cs2)n1.Cl. The van der Waals surface area contributed by atoms with Crippen LogP contribution in [0, 0.1) is 6.92 Å². The van der Waals surface area contributed by atoms with Crippen LogP contribution in [0.2, 0.25) is 0 Å². The molecule has 0 aliphatic carbocycles. The average molecular weight is 395 g/mol. The number of halogens is 1. The molecule has 130 valence electrons. The van der Waals surface area contributed by atoms with Crippen LogP contribution in [0.5, 0.6) is 0 Å². The minimum absolute atomic E-state index is 0. The third kappa shape index (κ3) is 5.42. The lowest BCUT2D eigenvalue weighted by Crippen LogP contribution is -2.15. The van der Waals surface area contributed by atoms with Crippen molar-refractivity contribution in [2.75, 3.05) is 11.1 Å². The second-order valence-corrected chi connectivity index (χ2v) is 6.75. The maximum atomic E-state index is 12.0. The molecule has 0 saturated carbocycles. The number of anilines is 1. The van der Waals surface area contributed by atoms with Crippen LogP contribution in [0.1, 0.15) is 5.69 Å². The summed E-state index contributed by atoms with van der Waals surface area (Å²) < 4.78 is 0. The van der Waals surface area contributed by atoms with Crippen molar-refractivity contribution in [1.82, 2.24) is 15.0 Å². The number of H-pyrrole nitrogens is 1. The number of rotatable bonds is 5. The topological polar surface area (TPSA) is 87.7 Å². The molecule has 0 radical (unpaired) electrons. The van der Waals surface area contributed by atoms with E-state index < -0.39 is 0 Å². The highest BCUT2D eigenvalue weighted by Crippen LogP contribution is 2.24. The number of hydrogen-bond donors (Lipinski definition) is 2. The molecule has 0 unspecified atom stereocenters. The smallest absolute Gasteiger partial charge is 0.251 e. The van der Waals surface area contributed by atoms with E-state index in [0.717, 1.165) is 11.3 Å². The number of amides is 1. The van der Waals surface area contributed by atoms with Crippen LogP contribution in [0.4, 0.5) is 5.13 Å². The molecule has 9 heteroatoms. The van der Waals surface area contributed by atoms with E-state index in [9.17, 15) is 9.59 Å².